The molecule has 5 heteroatoms. The fourth-order valence-corrected chi connectivity index (χ4v) is 3.47. The van der Waals surface area contributed by atoms with Gasteiger partial charge in [0.05, 0.1) is 10.7 Å². The molecule has 4 nitrogen and oxygen atoms in total. The Hall–Kier alpha value is -2.85. The summed E-state index contributed by atoms with van der Waals surface area (Å²) in [5, 5.41) is 5.27. The number of rotatable bonds is 8. The quantitative estimate of drug-likeness (QED) is 0.420. The topological polar surface area (TPSA) is 55.4 Å². The van der Waals surface area contributed by atoms with Crippen molar-refractivity contribution >= 4 is 39.8 Å². The van der Waals surface area contributed by atoms with E-state index in [4.69, 9.17) is 16.3 Å². The van der Waals surface area contributed by atoms with Crippen LogP contribution in [0.25, 0.3) is 10.8 Å². The van der Waals surface area contributed by atoms with Crippen LogP contribution in [0.2, 0.25) is 5.02 Å². The lowest BCUT2D eigenvalue weighted by atomic mass is 9.93. The van der Waals surface area contributed by atoms with E-state index in [-0.39, 0.29) is 17.6 Å². The van der Waals surface area contributed by atoms with Crippen molar-refractivity contribution in [3.8, 4) is 11.5 Å². The standard InChI is InChI=1S/C25H26ClNO3/c1-4-19(28)13-16(3)17-9-11-21-18(14-17)7-6-8-24(21)30-20-10-12-22(26)23(15-20)27-25(29)5-2/h6-12,14-16H,4-5,13H2,1-3H3,(H,27,29). The van der Waals surface area contributed by atoms with Crippen molar-refractivity contribution < 1.29 is 14.3 Å². The van der Waals surface area contributed by atoms with E-state index in [9.17, 15) is 9.59 Å². The largest absolute Gasteiger partial charge is 0.457 e. The van der Waals surface area contributed by atoms with Gasteiger partial charge in [-0.15, -0.1) is 0 Å². The number of nitrogens with one attached hydrogen (secondary N) is 1. The van der Waals surface area contributed by atoms with Gasteiger partial charge in [0.2, 0.25) is 5.91 Å². The Morgan fingerprint density at radius 2 is 1.83 bits per heavy atom. The molecule has 3 aromatic carbocycles. The third-order valence-electron chi connectivity index (χ3n) is 5.12. The summed E-state index contributed by atoms with van der Waals surface area (Å²) in [4.78, 5) is 23.5. The second kappa shape index (κ2) is 9.77. The molecule has 0 aromatic heterocycles. The summed E-state index contributed by atoms with van der Waals surface area (Å²) in [5.41, 5.74) is 1.66. The number of carbonyl (C=O) groups is 2. The Morgan fingerprint density at radius 3 is 2.57 bits per heavy atom. The number of fused-ring (bicyclic) bond motifs is 1. The van der Waals surface area contributed by atoms with E-state index in [0.29, 0.717) is 41.5 Å². The lowest BCUT2D eigenvalue weighted by Crippen LogP contribution is -2.09. The first-order chi connectivity index (χ1) is 14.4. The average Bonchev–Trinajstić information content (AvgIpc) is 2.75. The average molecular weight is 424 g/mol. The van der Waals surface area contributed by atoms with Crippen molar-refractivity contribution in [1.29, 1.82) is 0 Å². The highest BCUT2D eigenvalue weighted by Gasteiger charge is 2.13. The van der Waals surface area contributed by atoms with Crippen molar-refractivity contribution in [2.75, 3.05) is 5.32 Å². The van der Waals surface area contributed by atoms with Crippen LogP contribution >= 0.6 is 11.6 Å². The highest BCUT2D eigenvalue weighted by atomic mass is 35.5. The van der Waals surface area contributed by atoms with Crippen molar-refractivity contribution in [1.82, 2.24) is 0 Å². The highest BCUT2D eigenvalue weighted by molar-refractivity contribution is 6.33. The van der Waals surface area contributed by atoms with Crippen LogP contribution in [-0.4, -0.2) is 11.7 Å². The number of ketones is 1. The molecule has 3 rings (SSSR count). The molecule has 0 spiro atoms. The molecule has 0 aliphatic carbocycles. The molecule has 0 heterocycles. The monoisotopic (exact) mass is 423 g/mol. The molecule has 1 atom stereocenters. The van der Waals surface area contributed by atoms with Gasteiger partial charge in [0, 0.05) is 30.7 Å². The maximum atomic E-state index is 11.8. The number of halogens is 1. The van der Waals surface area contributed by atoms with Gasteiger partial charge in [-0.05, 0) is 35.1 Å². The maximum Gasteiger partial charge on any atom is 0.224 e. The smallest absolute Gasteiger partial charge is 0.224 e. The van der Waals surface area contributed by atoms with Crippen LogP contribution in [0.15, 0.2) is 54.6 Å². The normalized spacial score (nSPS) is 11.9. The van der Waals surface area contributed by atoms with Gasteiger partial charge in [0.15, 0.2) is 0 Å². The molecule has 0 fully saturated rings. The molecule has 0 aliphatic heterocycles. The fourth-order valence-electron chi connectivity index (χ4n) is 3.30. The lowest BCUT2D eigenvalue weighted by Gasteiger charge is -2.14. The SMILES string of the molecule is CCC(=O)CC(C)c1ccc2c(Oc3ccc(Cl)c(NC(=O)CC)c3)cccc2c1. The maximum absolute atomic E-state index is 11.8. The predicted molar refractivity (Wildman–Crippen MR) is 123 cm³/mol. The zero-order valence-corrected chi connectivity index (χ0v) is 18.3. The fraction of sp³-hybridized carbons (Fsp3) is 0.280. The second-order valence-electron chi connectivity index (χ2n) is 7.38. The van der Waals surface area contributed by atoms with Gasteiger partial charge < -0.3 is 10.1 Å². The van der Waals surface area contributed by atoms with Gasteiger partial charge in [-0.3, -0.25) is 9.59 Å². The third-order valence-corrected chi connectivity index (χ3v) is 5.45. The molecule has 156 valence electrons. The molecule has 0 bridgehead atoms. The highest BCUT2D eigenvalue weighted by Crippen LogP contribution is 2.35. The van der Waals surface area contributed by atoms with Crippen LogP contribution < -0.4 is 10.1 Å². The molecule has 0 aliphatic rings. The van der Waals surface area contributed by atoms with Gasteiger partial charge in [-0.2, -0.15) is 0 Å². The van der Waals surface area contributed by atoms with E-state index >= 15 is 0 Å². The molecule has 1 N–H and O–H groups in total. The lowest BCUT2D eigenvalue weighted by molar-refractivity contribution is -0.119. The molecule has 3 aromatic rings. The van der Waals surface area contributed by atoms with Crippen molar-refractivity contribution in [3.05, 3.63) is 65.2 Å². The zero-order valence-electron chi connectivity index (χ0n) is 17.5. The van der Waals surface area contributed by atoms with E-state index in [0.717, 1.165) is 16.3 Å². The minimum Gasteiger partial charge on any atom is -0.457 e. The molecule has 1 unspecified atom stereocenters. The summed E-state index contributed by atoms with van der Waals surface area (Å²) in [7, 11) is 0. The zero-order chi connectivity index (χ0) is 21.7. The molecule has 1 amide bonds. The molecule has 0 saturated carbocycles. The van der Waals surface area contributed by atoms with Gasteiger partial charge in [-0.25, -0.2) is 0 Å². The first-order valence-corrected chi connectivity index (χ1v) is 10.6. The van der Waals surface area contributed by atoms with Gasteiger partial charge in [-0.1, -0.05) is 62.7 Å². The molecule has 30 heavy (non-hydrogen) atoms. The van der Waals surface area contributed by atoms with Gasteiger partial charge >= 0.3 is 0 Å². The van der Waals surface area contributed by atoms with Crippen molar-refractivity contribution in [2.24, 2.45) is 0 Å². The Bertz CT molecular complexity index is 1080. The Morgan fingerprint density at radius 1 is 1.03 bits per heavy atom. The number of hydrogen-bond donors (Lipinski definition) is 1. The van der Waals surface area contributed by atoms with E-state index in [1.54, 1.807) is 25.1 Å². The summed E-state index contributed by atoms with van der Waals surface area (Å²) in [5.74, 6) is 1.64. The van der Waals surface area contributed by atoms with Gasteiger partial charge in [0.25, 0.3) is 0 Å². The molecular formula is C25H26ClNO3. The van der Waals surface area contributed by atoms with Crippen LogP contribution in [0.1, 0.15) is 51.5 Å². The number of amides is 1. The predicted octanol–water partition coefficient (Wildman–Crippen LogP) is 7.11. The summed E-state index contributed by atoms with van der Waals surface area (Å²) in [6, 6.07) is 17.3. The minimum atomic E-state index is -0.109. The van der Waals surface area contributed by atoms with Gasteiger partial charge in [0.1, 0.15) is 17.3 Å². The number of anilines is 1. The van der Waals surface area contributed by atoms with Crippen LogP contribution in [0, 0.1) is 0 Å². The van der Waals surface area contributed by atoms with Crippen LogP contribution in [0.3, 0.4) is 0 Å². The summed E-state index contributed by atoms with van der Waals surface area (Å²) in [6.07, 6.45) is 1.49. The van der Waals surface area contributed by atoms with E-state index in [1.165, 1.54) is 0 Å². The van der Waals surface area contributed by atoms with E-state index < -0.39 is 0 Å². The van der Waals surface area contributed by atoms with Crippen molar-refractivity contribution in [3.63, 3.8) is 0 Å². The third kappa shape index (κ3) is 5.19. The van der Waals surface area contributed by atoms with Crippen LogP contribution in [0.5, 0.6) is 11.5 Å². The summed E-state index contributed by atoms with van der Waals surface area (Å²) >= 11 is 6.19. The molecular weight excluding hydrogens is 398 g/mol. The first-order valence-electron chi connectivity index (χ1n) is 10.2. The number of hydrogen-bond acceptors (Lipinski definition) is 3. The minimum absolute atomic E-state index is 0.109. The Labute approximate surface area is 182 Å². The number of benzene rings is 3. The van der Waals surface area contributed by atoms with Crippen LogP contribution in [-0.2, 0) is 9.59 Å². The van der Waals surface area contributed by atoms with E-state index in [1.807, 2.05) is 31.2 Å². The van der Waals surface area contributed by atoms with E-state index in [2.05, 4.69) is 24.4 Å². The first kappa shape index (κ1) is 21.8. The second-order valence-corrected chi connectivity index (χ2v) is 7.79. The summed E-state index contributed by atoms with van der Waals surface area (Å²) in [6.45, 7) is 5.76. The summed E-state index contributed by atoms with van der Waals surface area (Å²) < 4.78 is 6.12. The van der Waals surface area contributed by atoms with Crippen molar-refractivity contribution in [2.45, 2.75) is 46.0 Å². The Balaban J connectivity index is 1.87. The van der Waals surface area contributed by atoms with Crippen LogP contribution in [0.4, 0.5) is 5.69 Å². The number of carbonyl (C=O) groups excluding carboxylic acids is 2. The molecule has 0 radical (unpaired) electrons. The molecule has 0 saturated heterocycles. The number of Topliss-reactive ketones (excluding diaryl/α,β-unsaturated/α-hetero) is 1. The Kier molecular flexibility index (Phi) is 7.11. The number of ether oxygens (including phenoxy) is 1.